The monoisotopic (exact) mass is 201 g/mol. The van der Waals surface area contributed by atoms with Gasteiger partial charge in [0.2, 0.25) is 0 Å². The van der Waals surface area contributed by atoms with Crippen molar-refractivity contribution in [2.45, 2.75) is 38.1 Å². The van der Waals surface area contributed by atoms with Crippen LogP contribution in [0, 0.1) is 0 Å². The van der Waals surface area contributed by atoms with Crippen LogP contribution in [-0.2, 0) is 0 Å². The summed E-state index contributed by atoms with van der Waals surface area (Å²) in [5.41, 5.74) is 2.68. The first-order chi connectivity index (χ1) is 6.36. The molecule has 0 aromatic heterocycles. The van der Waals surface area contributed by atoms with E-state index in [0.29, 0.717) is 6.04 Å². The Hall–Kier alpha value is -0.220. The molecule has 0 unspecified atom stereocenters. The molecule has 0 spiro atoms. The largest absolute Gasteiger partial charge is 0.312 e. The molecule has 3 nitrogen and oxygen atoms in total. The van der Waals surface area contributed by atoms with Crippen molar-refractivity contribution in [2.24, 2.45) is 10.8 Å². The van der Waals surface area contributed by atoms with E-state index in [1.165, 1.54) is 32.1 Å². The standard InChI is InChI=1S/C9H19N3S/c1-13-7-9(12-10)11-8-5-3-2-4-6-8/h8H,2-7,10H2,1H3,(H,11,12). The molecule has 0 saturated heterocycles. The summed E-state index contributed by atoms with van der Waals surface area (Å²) in [7, 11) is 0. The Bertz CT molecular complexity index is 164. The lowest BCUT2D eigenvalue weighted by Gasteiger charge is -2.18. The van der Waals surface area contributed by atoms with Crippen molar-refractivity contribution in [1.29, 1.82) is 0 Å². The van der Waals surface area contributed by atoms with Gasteiger partial charge in [-0.25, -0.2) is 5.84 Å². The summed E-state index contributed by atoms with van der Waals surface area (Å²) in [5.74, 6) is 7.22. The molecule has 13 heavy (non-hydrogen) atoms. The van der Waals surface area contributed by atoms with Gasteiger partial charge in [0.1, 0.15) is 5.84 Å². The van der Waals surface area contributed by atoms with Gasteiger partial charge in [-0.05, 0) is 19.1 Å². The van der Waals surface area contributed by atoms with E-state index in [-0.39, 0.29) is 0 Å². The van der Waals surface area contributed by atoms with E-state index < -0.39 is 0 Å². The van der Waals surface area contributed by atoms with E-state index in [0.717, 1.165) is 11.6 Å². The second kappa shape index (κ2) is 6.27. The molecular weight excluding hydrogens is 182 g/mol. The summed E-state index contributed by atoms with van der Waals surface area (Å²) >= 11 is 1.75. The van der Waals surface area contributed by atoms with E-state index in [4.69, 9.17) is 5.84 Å². The molecule has 0 aliphatic heterocycles. The summed E-state index contributed by atoms with van der Waals surface area (Å²) < 4.78 is 0. The number of aliphatic imine (C=N–C) groups is 1. The molecule has 0 amide bonds. The third-order valence-corrected chi connectivity index (χ3v) is 2.92. The Balaban J connectivity index is 2.39. The number of hydrogen-bond acceptors (Lipinski definition) is 3. The third-order valence-electron chi connectivity index (χ3n) is 2.36. The molecule has 0 bridgehead atoms. The number of hydrazine groups is 1. The van der Waals surface area contributed by atoms with Crippen LogP contribution in [-0.4, -0.2) is 23.9 Å². The van der Waals surface area contributed by atoms with E-state index >= 15 is 0 Å². The molecule has 1 fully saturated rings. The molecule has 0 aromatic carbocycles. The highest BCUT2D eigenvalue weighted by Crippen LogP contribution is 2.20. The molecular formula is C9H19N3S. The maximum absolute atomic E-state index is 5.38. The highest BCUT2D eigenvalue weighted by molar-refractivity contribution is 7.99. The van der Waals surface area contributed by atoms with Gasteiger partial charge in [0.25, 0.3) is 0 Å². The molecule has 0 heterocycles. The molecule has 4 heteroatoms. The first-order valence-electron chi connectivity index (χ1n) is 4.89. The third kappa shape index (κ3) is 4.00. The first kappa shape index (κ1) is 10.9. The Kier molecular flexibility index (Phi) is 5.23. The average molecular weight is 201 g/mol. The Morgan fingerprint density at radius 2 is 2.15 bits per heavy atom. The van der Waals surface area contributed by atoms with Crippen molar-refractivity contribution in [3.05, 3.63) is 0 Å². The van der Waals surface area contributed by atoms with Crippen LogP contribution in [0.5, 0.6) is 0 Å². The summed E-state index contributed by atoms with van der Waals surface area (Å²) in [6.07, 6.45) is 8.56. The van der Waals surface area contributed by atoms with Crippen LogP contribution in [0.15, 0.2) is 4.99 Å². The minimum atomic E-state index is 0.520. The lowest BCUT2D eigenvalue weighted by atomic mass is 9.96. The Morgan fingerprint density at radius 3 is 2.69 bits per heavy atom. The predicted octanol–water partition coefficient (Wildman–Crippen LogP) is 1.54. The molecule has 1 aliphatic carbocycles. The zero-order chi connectivity index (χ0) is 9.52. The maximum Gasteiger partial charge on any atom is 0.121 e. The van der Waals surface area contributed by atoms with Gasteiger partial charge in [0, 0.05) is 0 Å². The first-order valence-corrected chi connectivity index (χ1v) is 6.28. The lowest BCUT2D eigenvalue weighted by molar-refractivity contribution is 0.442. The Morgan fingerprint density at radius 1 is 1.46 bits per heavy atom. The van der Waals surface area contributed by atoms with Gasteiger partial charge in [-0.2, -0.15) is 11.8 Å². The van der Waals surface area contributed by atoms with Crippen LogP contribution >= 0.6 is 11.8 Å². The minimum Gasteiger partial charge on any atom is -0.312 e. The van der Waals surface area contributed by atoms with Gasteiger partial charge >= 0.3 is 0 Å². The van der Waals surface area contributed by atoms with E-state index in [1.807, 2.05) is 0 Å². The van der Waals surface area contributed by atoms with E-state index in [9.17, 15) is 0 Å². The number of amidine groups is 1. The van der Waals surface area contributed by atoms with E-state index in [2.05, 4.69) is 16.7 Å². The molecule has 1 rings (SSSR count). The average Bonchev–Trinajstić information content (AvgIpc) is 2.19. The lowest BCUT2D eigenvalue weighted by Crippen LogP contribution is -2.33. The summed E-state index contributed by atoms with van der Waals surface area (Å²) in [6, 6.07) is 0.520. The molecule has 0 atom stereocenters. The van der Waals surface area contributed by atoms with E-state index in [1.54, 1.807) is 11.8 Å². The number of nitrogens with two attached hydrogens (primary N) is 1. The topological polar surface area (TPSA) is 50.4 Å². The molecule has 3 N–H and O–H groups in total. The molecule has 1 aliphatic rings. The zero-order valence-corrected chi connectivity index (χ0v) is 9.07. The smallest absolute Gasteiger partial charge is 0.121 e. The summed E-state index contributed by atoms with van der Waals surface area (Å²) in [6.45, 7) is 0. The second-order valence-corrected chi connectivity index (χ2v) is 4.31. The van der Waals surface area contributed by atoms with Crippen LogP contribution in [0.4, 0.5) is 0 Å². The quantitative estimate of drug-likeness (QED) is 0.315. The fourth-order valence-corrected chi connectivity index (χ4v) is 2.11. The number of hydrogen-bond donors (Lipinski definition) is 2. The normalized spacial score (nSPS) is 20.3. The van der Waals surface area contributed by atoms with Crippen LogP contribution in [0.2, 0.25) is 0 Å². The van der Waals surface area contributed by atoms with Gasteiger partial charge in [0.15, 0.2) is 0 Å². The van der Waals surface area contributed by atoms with Crippen molar-refractivity contribution in [3.8, 4) is 0 Å². The van der Waals surface area contributed by atoms with Crippen molar-refractivity contribution < 1.29 is 0 Å². The second-order valence-electron chi connectivity index (χ2n) is 3.44. The molecule has 0 aromatic rings. The van der Waals surface area contributed by atoms with Gasteiger partial charge in [-0.15, -0.1) is 0 Å². The van der Waals surface area contributed by atoms with Crippen molar-refractivity contribution >= 4 is 17.6 Å². The minimum absolute atomic E-state index is 0.520. The molecule has 76 valence electrons. The van der Waals surface area contributed by atoms with Gasteiger partial charge < -0.3 is 5.43 Å². The Labute approximate surface area is 84.5 Å². The highest BCUT2D eigenvalue weighted by Gasteiger charge is 2.12. The van der Waals surface area contributed by atoms with Gasteiger partial charge in [0.05, 0.1) is 11.8 Å². The number of nitrogens with one attached hydrogen (secondary N) is 1. The highest BCUT2D eigenvalue weighted by atomic mass is 32.2. The van der Waals surface area contributed by atoms with Crippen LogP contribution in [0.25, 0.3) is 0 Å². The van der Waals surface area contributed by atoms with Gasteiger partial charge in [-0.1, -0.05) is 19.3 Å². The maximum atomic E-state index is 5.38. The van der Waals surface area contributed by atoms with Crippen molar-refractivity contribution in [3.63, 3.8) is 0 Å². The van der Waals surface area contributed by atoms with Crippen molar-refractivity contribution in [2.75, 3.05) is 12.0 Å². The summed E-state index contributed by atoms with van der Waals surface area (Å²) in [4.78, 5) is 4.60. The van der Waals surface area contributed by atoms with Crippen LogP contribution in [0.3, 0.4) is 0 Å². The predicted molar refractivity (Wildman–Crippen MR) is 60.0 cm³/mol. The van der Waals surface area contributed by atoms with Gasteiger partial charge in [-0.3, -0.25) is 4.99 Å². The summed E-state index contributed by atoms with van der Waals surface area (Å²) in [5, 5.41) is 0. The van der Waals surface area contributed by atoms with Crippen molar-refractivity contribution in [1.82, 2.24) is 5.43 Å². The number of thioether (sulfide) groups is 1. The molecule has 0 radical (unpaired) electrons. The molecule has 1 saturated carbocycles. The van der Waals surface area contributed by atoms with Crippen LogP contribution in [0.1, 0.15) is 32.1 Å². The fraction of sp³-hybridized carbons (Fsp3) is 0.889. The number of rotatable bonds is 3. The SMILES string of the molecule is CSCC(=NC1CCCCC1)NN. The zero-order valence-electron chi connectivity index (χ0n) is 8.25. The van der Waals surface area contributed by atoms with Crippen LogP contribution < -0.4 is 11.3 Å². The fourth-order valence-electron chi connectivity index (χ4n) is 1.68. The number of nitrogens with zero attached hydrogens (tertiary/aromatic N) is 1.